The Hall–Kier alpha value is -1.26. The van der Waals surface area contributed by atoms with E-state index in [1.807, 2.05) is 0 Å². The quantitative estimate of drug-likeness (QED) is 0.703. The average molecular weight is 256 g/mol. The van der Waals surface area contributed by atoms with Gasteiger partial charge in [0.15, 0.2) is 0 Å². The average Bonchev–Trinajstić information content (AvgIpc) is 2.34. The van der Waals surface area contributed by atoms with Gasteiger partial charge in [0, 0.05) is 6.54 Å². The molecule has 0 heterocycles. The normalized spacial score (nSPS) is 18.4. The highest BCUT2D eigenvalue weighted by Gasteiger charge is 2.23. The molecule has 1 atom stereocenters. The van der Waals surface area contributed by atoms with Gasteiger partial charge in [-0.15, -0.1) is 0 Å². The van der Waals surface area contributed by atoms with Gasteiger partial charge >= 0.3 is 12.0 Å². The molecule has 0 aromatic heterocycles. The van der Waals surface area contributed by atoms with Crippen LogP contribution in [-0.4, -0.2) is 29.7 Å². The number of hydrogen-bond donors (Lipinski definition) is 3. The Balaban J connectivity index is 2.29. The van der Waals surface area contributed by atoms with Crippen LogP contribution in [0.3, 0.4) is 0 Å². The van der Waals surface area contributed by atoms with Gasteiger partial charge in [-0.3, -0.25) is 0 Å². The maximum Gasteiger partial charge on any atom is 0.326 e. The Kier molecular flexibility index (Phi) is 5.95. The zero-order valence-corrected chi connectivity index (χ0v) is 11.2. The predicted octanol–water partition coefficient (Wildman–Crippen LogP) is 1.98. The number of urea groups is 1. The first-order chi connectivity index (χ1) is 8.50. The number of amides is 2. The minimum atomic E-state index is -0.988. The fourth-order valence-electron chi connectivity index (χ4n) is 2.33. The summed E-state index contributed by atoms with van der Waals surface area (Å²) in [5, 5.41) is 14.3. The monoisotopic (exact) mass is 256 g/mol. The van der Waals surface area contributed by atoms with Crippen LogP contribution >= 0.6 is 0 Å². The number of aliphatic carboxylic acids is 1. The number of carbonyl (C=O) groups excluding carboxylic acids is 1. The van der Waals surface area contributed by atoms with E-state index in [1.54, 1.807) is 13.8 Å². The molecule has 0 aliphatic heterocycles. The lowest BCUT2D eigenvalue weighted by atomic mass is 9.89. The van der Waals surface area contributed by atoms with Crippen molar-refractivity contribution in [3.05, 3.63) is 0 Å². The molecular weight excluding hydrogens is 232 g/mol. The number of hydrogen-bond acceptors (Lipinski definition) is 2. The fraction of sp³-hybridized carbons (Fsp3) is 0.846. The van der Waals surface area contributed by atoms with Gasteiger partial charge in [0.25, 0.3) is 0 Å². The number of carboxylic acid groups (broad SMARTS) is 1. The maximum absolute atomic E-state index is 11.6. The first-order valence-corrected chi connectivity index (χ1v) is 6.78. The summed E-state index contributed by atoms with van der Waals surface area (Å²) in [5.41, 5.74) is 0. The Morgan fingerprint density at radius 1 is 1.22 bits per heavy atom. The molecule has 1 rings (SSSR count). The highest BCUT2D eigenvalue weighted by atomic mass is 16.4. The third-order valence-electron chi connectivity index (χ3n) is 3.50. The van der Waals surface area contributed by atoms with Crippen LogP contribution in [0.15, 0.2) is 0 Å². The van der Waals surface area contributed by atoms with Gasteiger partial charge in [-0.2, -0.15) is 0 Å². The molecule has 0 unspecified atom stereocenters. The minimum absolute atomic E-state index is 0.122. The Bertz CT molecular complexity index is 286. The Morgan fingerprint density at radius 2 is 1.83 bits per heavy atom. The van der Waals surface area contributed by atoms with Crippen molar-refractivity contribution in [2.75, 3.05) is 6.54 Å². The van der Waals surface area contributed by atoms with Crippen LogP contribution in [0, 0.1) is 11.8 Å². The van der Waals surface area contributed by atoms with Crippen molar-refractivity contribution in [2.24, 2.45) is 11.8 Å². The third-order valence-corrected chi connectivity index (χ3v) is 3.50. The molecule has 5 heteroatoms. The lowest BCUT2D eigenvalue weighted by Crippen LogP contribution is -2.49. The molecule has 104 valence electrons. The molecular formula is C13H24N2O3. The van der Waals surface area contributed by atoms with Gasteiger partial charge in [0.05, 0.1) is 0 Å². The van der Waals surface area contributed by atoms with E-state index in [0.717, 1.165) is 12.8 Å². The highest BCUT2D eigenvalue weighted by molar-refractivity contribution is 5.82. The molecule has 0 spiro atoms. The number of carbonyl (C=O) groups is 2. The van der Waals surface area contributed by atoms with E-state index >= 15 is 0 Å². The van der Waals surface area contributed by atoms with Crippen molar-refractivity contribution in [3.8, 4) is 0 Å². The summed E-state index contributed by atoms with van der Waals surface area (Å²) in [7, 11) is 0. The van der Waals surface area contributed by atoms with Gasteiger partial charge < -0.3 is 15.7 Å². The number of rotatable bonds is 5. The SMILES string of the molecule is CC(C)[C@@H](NC(=O)NCC1CCCCC1)C(=O)O. The topological polar surface area (TPSA) is 78.4 Å². The van der Waals surface area contributed by atoms with Gasteiger partial charge in [-0.05, 0) is 24.7 Å². The summed E-state index contributed by atoms with van der Waals surface area (Å²) < 4.78 is 0. The van der Waals surface area contributed by atoms with Crippen LogP contribution in [0.1, 0.15) is 46.0 Å². The second-order valence-corrected chi connectivity index (χ2v) is 5.42. The maximum atomic E-state index is 11.6. The van der Waals surface area contributed by atoms with Crippen molar-refractivity contribution < 1.29 is 14.7 Å². The zero-order chi connectivity index (χ0) is 13.5. The minimum Gasteiger partial charge on any atom is -0.480 e. The van der Waals surface area contributed by atoms with E-state index in [9.17, 15) is 9.59 Å². The third kappa shape index (κ3) is 4.94. The second-order valence-electron chi connectivity index (χ2n) is 5.42. The van der Waals surface area contributed by atoms with Gasteiger partial charge in [-0.25, -0.2) is 9.59 Å². The molecule has 18 heavy (non-hydrogen) atoms. The van der Waals surface area contributed by atoms with Gasteiger partial charge in [0.1, 0.15) is 6.04 Å². The van der Waals surface area contributed by atoms with E-state index < -0.39 is 12.0 Å². The molecule has 2 amide bonds. The Morgan fingerprint density at radius 3 is 2.33 bits per heavy atom. The largest absolute Gasteiger partial charge is 0.480 e. The molecule has 1 aliphatic rings. The molecule has 0 aromatic carbocycles. The first-order valence-electron chi connectivity index (χ1n) is 6.78. The fourth-order valence-corrected chi connectivity index (χ4v) is 2.33. The zero-order valence-electron chi connectivity index (χ0n) is 11.2. The molecule has 1 fully saturated rings. The van der Waals surface area contributed by atoms with Crippen molar-refractivity contribution in [1.29, 1.82) is 0 Å². The first kappa shape index (κ1) is 14.8. The van der Waals surface area contributed by atoms with Crippen molar-refractivity contribution in [3.63, 3.8) is 0 Å². The van der Waals surface area contributed by atoms with E-state index in [4.69, 9.17) is 5.11 Å². The number of carboxylic acids is 1. The van der Waals surface area contributed by atoms with Crippen molar-refractivity contribution in [1.82, 2.24) is 10.6 Å². The van der Waals surface area contributed by atoms with Gasteiger partial charge in [0.2, 0.25) is 0 Å². The van der Waals surface area contributed by atoms with Crippen LogP contribution in [0.4, 0.5) is 4.79 Å². The highest BCUT2D eigenvalue weighted by Crippen LogP contribution is 2.22. The molecule has 5 nitrogen and oxygen atoms in total. The summed E-state index contributed by atoms with van der Waals surface area (Å²) >= 11 is 0. The van der Waals surface area contributed by atoms with E-state index in [1.165, 1.54) is 19.3 Å². The predicted molar refractivity (Wildman–Crippen MR) is 69.4 cm³/mol. The van der Waals surface area contributed by atoms with E-state index in [0.29, 0.717) is 12.5 Å². The summed E-state index contributed by atoms with van der Waals surface area (Å²) in [4.78, 5) is 22.6. The summed E-state index contributed by atoms with van der Waals surface area (Å²) in [6, 6.07) is -1.20. The molecule has 1 saturated carbocycles. The molecule has 0 saturated heterocycles. The molecule has 0 radical (unpaired) electrons. The van der Waals surface area contributed by atoms with Crippen LogP contribution in [-0.2, 0) is 4.79 Å². The van der Waals surface area contributed by atoms with Crippen molar-refractivity contribution in [2.45, 2.75) is 52.0 Å². The lowest BCUT2D eigenvalue weighted by Gasteiger charge is -2.23. The Labute approximate surface area is 108 Å². The van der Waals surface area contributed by atoms with Crippen LogP contribution in [0.25, 0.3) is 0 Å². The molecule has 0 aromatic rings. The van der Waals surface area contributed by atoms with Crippen LogP contribution in [0.2, 0.25) is 0 Å². The van der Waals surface area contributed by atoms with Crippen LogP contribution in [0.5, 0.6) is 0 Å². The number of nitrogens with one attached hydrogen (secondary N) is 2. The second kappa shape index (κ2) is 7.24. The van der Waals surface area contributed by atoms with Crippen LogP contribution < -0.4 is 10.6 Å². The summed E-state index contributed by atoms with van der Waals surface area (Å²) in [6.45, 7) is 4.21. The van der Waals surface area contributed by atoms with Gasteiger partial charge in [-0.1, -0.05) is 33.1 Å². The standard InChI is InChI=1S/C13H24N2O3/c1-9(2)11(12(16)17)15-13(18)14-8-10-6-4-3-5-7-10/h9-11H,3-8H2,1-2H3,(H,16,17)(H2,14,15,18)/t11-/m1/s1. The van der Waals surface area contributed by atoms with E-state index in [-0.39, 0.29) is 11.9 Å². The molecule has 0 bridgehead atoms. The molecule has 3 N–H and O–H groups in total. The van der Waals surface area contributed by atoms with Crippen molar-refractivity contribution >= 4 is 12.0 Å². The molecule has 1 aliphatic carbocycles. The van der Waals surface area contributed by atoms with E-state index in [2.05, 4.69) is 10.6 Å². The summed E-state index contributed by atoms with van der Waals surface area (Å²) in [6.07, 6.45) is 6.08. The smallest absolute Gasteiger partial charge is 0.326 e. The summed E-state index contributed by atoms with van der Waals surface area (Å²) in [5.74, 6) is -0.562. The lowest BCUT2D eigenvalue weighted by molar-refractivity contribution is -0.140.